The molecule has 0 aromatic carbocycles. The van der Waals surface area contributed by atoms with Crippen molar-refractivity contribution in [2.75, 3.05) is 7.05 Å². The molecular weight excluding hydrogens is 160 g/mol. The van der Waals surface area contributed by atoms with Crippen LogP contribution in [0.15, 0.2) is 28.5 Å². The Morgan fingerprint density at radius 3 is 3.08 bits per heavy atom. The van der Waals surface area contributed by atoms with Crippen LogP contribution in [0.5, 0.6) is 0 Å². The maximum Gasteiger partial charge on any atom is 0.0453 e. The summed E-state index contributed by atoms with van der Waals surface area (Å²) in [5, 5.41) is 3.17. The highest BCUT2D eigenvalue weighted by molar-refractivity contribution is 5.60. The first-order valence-corrected chi connectivity index (χ1v) is 4.79. The molecule has 2 heteroatoms. The first-order chi connectivity index (χ1) is 6.27. The zero-order valence-corrected chi connectivity index (χ0v) is 8.67. The van der Waals surface area contributed by atoms with Crippen molar-refractivity contribution in [3.8, 4) is 0 Å². The molecule has 1 aliphatic heterocycles. The average Bonchev–Trinajstić information content (AvgIpc) is 2.41. The van der Waals surface area contributed by atoms with Gasteiger partial charge in [-0.3, -0.25) is 4.99 Å². The molecule has 0 aromatic heterocycles. The Bertz CT molecular complexity index is 249. The maximum atomic E-state index is 4.21. The van der Waals surface area contributed by atoms with Gasteiger partial charge in [-0.25, -0.2) is 0 Å². The maximum absolute atomic E-state index is 4.21. The molecule has 0 aliphatic carbocycles. The van der Waals surface area contributed by atoms with E-state index < -0.39 is 0 Å². The fourth-order valence-electron chi connectivity index (χ4n) is 1.48. The Hall–Kier alpha value is -1.05. The van der Waals surface area contributed by atoms with Gasteiger partial charge in [0.2, 0.25) is 0 Å². The van der Waals surface area contributed by atoms with Crippen molar-refractivity contribution < 1.29 is 0 Å². The molecule has 1 rings (SSSR count). The molecule has 0 unspecified atom stereocenters. The predicted molar refractivity (Wildman–Crippen MR) is 57.8 cm³/mol. The Morgan fingerprint density at radius 2 is 2.46 bits per heavy atom. The van der Waals surface area contributed by atoms with Crippen LogP contribution in [0.4, 0.5) is 0 Å². The second-order valence-corrected chi connectivity index (χ2v) is 3.41. The Balaban J connectivity index is 2.70. The van der Waals surface area contributed by atoms with E-state index in [1.807, 2.05) is 19.5 Å². The number of nitrogens with zero attached hydrogens (tertiary/aromatic N) is 1. The van der Waals surface area contributed by atoms with Crippen molar-refractivity contribution in [1.29, 1.82) is 0 Å². The number of nitrogens with one attached hydrogen (secondary N) is 1. The van der Waals surface area contributed by atoms with Gasteiger partial charge < -0.3 is 5.32 Å². The van der Waals surface area contributed by atoms with Gasteiger partial charge in [-0.15, -0.1) is 0 Å². The van der Waals surface area contributed by atoms with E-state index in [0.717, 1.165) is 12.8 Å². The smallest absolute Gasteiger partial charge is 0.0453 e. The molecular formula is C11H18N2. The molecule has 0 bridgehead atoms. The molecule has 0 saturated heterocycles. The summed E-state index contributed by atoms with van der Waals surface area (Å²) < 4.78 is 0. The summed E-state index contributed by atoms with van der Waals surface area (Å²) in [7, 11) is 1.95. The fraction of sp³-hybridized carbons (Fsp3) is 0.545. The van der Waals surface area contributed by atoms with Crippen molar-refractivity contribution in [3.05, 3.63) is 23.5 Å². The first-order valence-electron chi connectivity index (χ1n) is 4.79. The van der Waals surface area contributed by atoms with Crippen molar-refractivity contribution in [3.63, 3.8) is 0 Å². The third kappa shape index (κ3) is 2.72. The van der Waals surface area contributed by atoms with E-state index in [9.17, 15) is 0 Å². The minimum atomic E-state index is 0.620. The quantitative estimate of drug-likeness (QED) is 0.645. The summed E-state index contributed by atoms with van der Waals surface area (Å²) in [4.78, 5) is 4.21. The third-order valence-electron chi connectivity index (χ3n) is 2.61. The van der Waals surface area contributed by atoms with Gasteiger partial charge in [0, 0.05) is 25.2 Å². The molecule has 1 N–H and O–H groups in total. The molecule has 0 radical (unpaired) electrons. The second kappa shape index (κ2) is 4.85. The molecule has 13 heavy (non-hydrogen) atoms. The van der Waals surface area contributed by atoms with Crippen LogP contribution in [-0.4, -0.2) is 13.3 Å². The lowest BCUT2D eigenvalue weighted by atomic mass is 9.93. The van der Waals surface area contributed by atoms with Crippen LogP contribution in [-0.2, 0) is 0 Å². The SMILES string of the molecule is C/C=C(\C)[C@@H]1CC=NC=C(NC)C1. The molecule has 1 aliphatic rings. The molecule has 2 nitrogen and oxygen atoms in total. The lowest BCUT2D eigenvalue weighted by Gasteiger charge is -2.15. The minimum absolute atomic E-state index is 0.620. The zero-order chi connectivity index (χ0) is 9.68. The van der Waals surface area contributed by atoms with Crippen molar-refractivity contribution in [2.24, 2.45) is 10.9 Å². The van der Waals surface area contributed by atoms with Crippen LogP contribution in [0.25, 0.3) is 0 Å². The van der Waals surface area contributed by atoms with Gasteiger partial charge in [0.05, 0.1) is 0 Å². The normalized spacial score (nSPS) is 23.8. The third-order valence-corrected chi connectivity index (χ3v) is 2.61. The molecule has 0 fully saturated rings. The highest BCUT2D eigenvalue weighted by Crippen LogP contribution is 2.22. The molecule has 0 aromatic rings. The molecule has 72 valence electrons. The molecule has 0 saturated carbocycles. The topological polar surface area (TPSA) is 24.4 Å². The summed E-state index contributed by atoms with van der Waals surface area (Å²) in [6.07, 6.45) is 8.24. The number of aliphatic imine (C=N–C) groups is 1. The monoisotopic (exact) mass is 178 g/mol. The van der Waals surface area contributed by atoms with E-state index >= 15 is 0 Å². The number of hydrogen-bond donors (Lipinski definition) is 1. The van der Waals surface area contributed by atoms with Gasteiger partial charge >= 0.3 is 0 Å². The number of rotatable bonds is 2. The van der Waals surface area contributed by atoms with Crippen LogP contribution in [0.1, 0.15) is 26.7 Å². The van der Waals surface area contributed by atoms with Gasteiger partial charge in [-0.2, -0.15) is 0 Å². The average molecular weight is 178 g/mol. The van der Waals surface area contributed by atoms with Gasteiger partial charge in [-0.1, -0.05) is 11.6 Å². The van der Waals surface area contributed by atoms with Crippen LogP contribution in [0.3, 0.4) is 0 Å². The van der Waals surface area contributed by atoms with Crippen LogP contribution in [0, 0.1) is 5.92 Å². The van der Waals surface area contributed by atoms with E-state index in [-0.39, 0.29) is 0 Å². The van der Waals surface area contributed by atoms with Gasteiger partial charge in [0.15, 0.2) is 0 Å². The Morgan fingerprint density at radius 1 is 1.69 bits per heavy atom. The summed E-state index contributed by atoms with van der Waals surface area (Å²) >= 11 is 0. The number of hydrogen-bond acceptors (Lipinski definition) is 2. The van der Waals surface area contributed by atoms with Gasteiger partial charge in [-0.05, 0) is 32.6 Å². The highest BCUT2D eigenvalue weighted by atomic mass is 14.9. The van der Waals surface area contributed by atoms with Crippen molar-refractivity contribution in [1.82, 2.24) is 5.32 Å². The minimum Gasteiger partial charge on any atom is -0.390 e. The molecule has 0 amide bonds. The van der Waals surface area contributed by atoms with E-state index in [1.165, 1.54) is 11.3 Å². The lowest BCUT2D eigenvalue weighted by Crippen LogP contribution is -2.11. The summed E-state index contributed by atoms with van der Waals surface area (Å²) in [6.45, 7) is 4.29. The van der Waals surface area contributed by atoms with Crippen molar-refractivity contribution in [2.45, 2.75) is 26.7 Å². The largest absolute Gasteiger partial charge is 0.390 e. The summed E-state index contributed by atoms with van der Waals surface area (Å²) in [5.74, 6) is 0.620. The zero-order valence-electron chi connectivity index (χ0n) is 8.67. The van der Waals surface area contributed by atoms with E-state index in [1.54, 1.807) is 0 Å². The van der Waals surface area contributed by atoms with E-state index in [2.05, 4.69) is 30.2 Å². The van der Waals surface area contributed by atoms with E-state index in [4.69, 9.17) is 0 Å². The fourth-order valence-corrected chi connectivity index (χ4v) is 1.48. The lowest BCUT2D eigenvalue weighted by molar-refractivity contribution is 0.617. The van der Waals surface area contributed by atoms with Crippen LogP contribution >= 0.6 is 0 Å². The number of allylic oxidation sites excluding steroid dienone is 3. The summed E-state index contributed by atoms with van der Waals surface area (Å²) in [5.41, 5.74) is 2.68. The van der Waals surface area contributed by atoms with Gasteiger partial charge in [0.25, 0.3) is 0 Å². The molecule has 1 heterocycles. The predicted octanol–water partition coefficient (Wildman–Crippen LogP) is 2.49. The van der Waals surface area contributed by atoms with Crippen LogP contribution < -0.4 is 5.32 Å². The summed E-state index contributed by atoms with van der Waals surface area (Å²) in [6, 6.07) is 0. The van der Waals surface area contributed by atoms with Gasteiger partial charge in [0.1, 0.15) is 0 Å². The standard InChI is InChI=1S/C11H18N2/c1-4-9(2)10-5-6-13-8-11(7-10)12-3/h4,6,8,10,12H,5,7H2,1-3H3/b9-4+/t10-/m1/s1. The van der Waals surface area contributed by atoms with Crippen molar-refractivity contribution >= 4 is 6.21 Å². The second-order valence-electron chi connectivity index (χ2n) is 3.41. The Kier molecular flexibility index (Phi) is 3.74. The molecule has 0 spiro atoms. The van der Waals surface area contributed by atoms with Crippen LogP contribution in [0.2, 0.25) is 0 Å². The molecule has 1 atom stereocenters. The Labute approximate surface area is 80.4 Å². The first kappa shape index (κ1) is 10.0. The van der Waals surface area contributed by atoms with E-state index in [0.29, 0.717) is 5.92 Å². The highest BCUT2D eigenvalue weighted by Gasteiger charge is 2.12.